The number of β-lactam (4-membered cyclic amide) rings is 1. The maximum atomic E-state index is 14.5. The van der Waals surface area contributed by atoms with Crippen molar-refractivity contribution < 1.29 is 37.8 Å². The molecule has 2 amide bonds. The van der Waals surface area contributed by atoms with Crippen LogP contribution >= 0.6 is 0 Å². The molecule has 1 aliphatic heterocycles. The smallest absolute Gasteiger partial charge is 0.332 e. The third kappa shape index (κ3) is 9.63. The van der Waals surface area contributed by atoms with E-state index in [2.05, 4.69) is 33.9 Å². The fourth-order valence-corrected chi connectivity index (χ4v) is 7.10. The monoisotopic (exact) mass is 735 g/mol. The number of hydrogen-bond donors (Lipinski definition) is 0. The quantitative estimate of drug-likeness (QED) is 0.0393. The Kier molecular flexibility index (Phi) is 12.6. The molecule has 278 valence electrons. The van der Waals surface area contributed by atoms with Gasteiger partial charge in [0, 0.05) is 11.6 Å². The van der Waals surface area contributed by atoms with Gasteiger partial charge >= 0.3 is 5.97 Å². The summed E-state index contributed by atoms with van der Waals surface area (Å²) >= 11 is 0. The Morgan fingerprint density at radius 2 is 1.23 bits per heavy atom. The zero-order valence-electron chi connectivity index (χ0n) is 31.6. The molecule has 0 N–H and O–H groups in total. The lowest BCUT2D eigenvalue weighted by Gasteiger charge is -2.46. The normalized spacial score (nSPS) is 15.8. The number of benzene rings is 4. The average molecular weight is 736 g/mol. The third-order valence-electron chi connectivity index (χ3n) is 9.54. The number of carbonyl (C=O) groups is 3. The Morgan fingerprint density at radius 1 is 0.774 bits per heavy atom. The Morgan fingerprint density at radius 3 is 1.66 bits per heavy atom. The van der Waals surface area contributed by atoms with Gasteiger partial charge in [-0.15, -0.1) is 0 Å². The number of carbonyl (C=O) groups excluding carboxylic acids is 3. The van der Waals surface area contributed by atoms with E-state index >= 15 is 0 Å². The summed E-state index contributed by atoms with van der Waals surface area (Å²) in [5.41, 5.74) is 3.06. The van der Waals surface area contributed by atoms with Gasteiger partial charge < -0.3 is 23.4 Å². The van der Waals surface area contributed by atoms with Crippen molar-refractivity contribution in [3.63, 3.8) is 0 Å². The van der Waals surface area contributed by atoms with Crippen LogP contribution in [0, 0.1) is 5.92 Å². The highest BCUT2D eigenvalue weighted by atomic mass is 28.4. The van der Waals surface area contributed by atoms with Crippen LogP contribution in [0.1, 0.15) is 61.7 Å². The SMILES string of the molecule is CCOC(=O)/C=C1\[C@@H](C(C)O[Si](C)(C)C(C)(C)C)C(=O)N1C(=O)c1cc(OCc2ccccc2)c(OCc2ccccc2)c(OCc2ccccc2)c1. The van der Waals surface area contributed by atoms with Gasteiger partial charge in [-0.3, -0.25) is 9.59 Å². The van der Waals surface area contributed by atoms with Crippen LogP contribution in [-0.4, -0.2) is 43.7 Å². The summed E-state index contributed by atoms with van der Waals surface area (Å²) in [5, 5.41) is -0.120. The highest BCUT2D eigenvalue weighted by Crippen LogP contribution is 2.44. The summed E-state index contributed by atoms with van der Waals surface area (Å²) in [6, 6.07) is 32.0. The fourth-order valence-electron chi connectivity index (χ4n) is 5.68. The topological polar surface area (TPSA) is 101 Å². The van der Waals surface area contributed by atoms with Crippen LogP contribution in [0.3, 0.4) is 0 Å². The van der Waals surface area contributed by atoms with E-state index in [0.29, 0.717) is 5.75 Å². The van der Waals surface area contributed by atoms with Crippen molar-refractivity contribution in [3.05, 3.63) is 137 Å². The van der Waals surface area contributed by atoms with E-state index in [9.17, 15) is 14.4 Å². The number of nitrogens with zero attached hydrogens (tertiary/aromatic N) is 1. The number of esters is 1. The van der Waals surface area contributed by atoms with Crippen molar-refractivity contribution in [2.24, 2.45) is 5.92 Å². The fraction of sp³-hybridized carbons (Fsp3) is 0.326. The van der Waals surface area contributed by atoms with E-state index in [-0.39, 0.29) is 54.2 Å². The van der Waals surface area contributed by atoms with Crippen LogP contribution in [0.15, 0.2) is 115 Å². The standard InChI is InChI=1S/C43H49NO8Si/c1-8-48-38(45)26-35-39(30(2)52-53(6,7)43(3,4)5)42(47)44(35)41(46)34-24-36(49-27-31-18-12-9-13-19-31)40(51-29-33-22-16-11-17-23-33)37(25-34)50-28-32-20-14-10-15-21-32/h9-26,30,39H,8,27-29H2,1-7H3/b35-26+/t30?,39-/m1/s1. The molecule has 1 heterocycles. The van der Waals surface area contributed by atoms with Crippen molar-refractivity contribution in [3.8, 4) is 17.2 Å². The molecular formula is C43H49NO8Si. The van der Waals surface area contributed by atoms with Crippen molar-refractivity contribution in [2.75, 3.05) is 6.61 Å². The van der Waals surface area contributed by atoms with Gasteiger partial charge in [0.25, 0.3) is 5.91 Å². The van der Waals surface area contributed by atoms with Gasteiger partial charge in [0.2, 0.25) is 11.7 Å². The molecule has 10 heteroatoms. The number of rotatable bonds is 15. The summed E-state index contributed by atoms with van der Waals surface area (Å²) in [5.74, 6) is -1.79. The lowest BCUT2D eigenvalue weighted by molar-refractivity contribution is -0.142. The zero-order valence-corrected chi connectivity index (χ0v) is 32.6. The van der Waals surface area contributed by atoms with E-state index in [4.69, 9.17) is 23.4 Å². The molecule has 0 spiro atoms. The molecule has 1 fully saturated rings. The van der Waals surface area contributed by atoms with Gasteiger partial charge in [-0.2, -0.15) is 0 Å². The molecule has 0 radical (unpaired) electrons. The summed E-state index contributed by atoms with van der Waals surface area (Å²) in [6.45, 7) is 14.8. The van der Waals surface area contributed by atoms with E-state index in [1.807, 2.05) is 97.9 Å². The second-order valence-corrected chi connectivity index (χ2v) is 19.2. The van der Waals surface area contributed by atoms with E-state index in [1.165, 1.54) is 6.08 Å². The zero-order chi connectivity index (χ0) is 38.2. The number of likely N-dealkylation sites (tertiary alicyclic amines) is 1. The number of amides is 2. The van der Waals surface area contributed by atoms with Crippen molar-refractivity contribution >= 4 is 26.1 Å². The molecule has 0 aromatic heterocycles. The molecule has 0 aliphatic carbocycles. The molecule has 1 saturated heterocycles. The molecular weight excluding hydrogens is 687 g/mol. The Bertz CT molecular complexity index is 1840. The largest absolute Gasteiger partial charge is 0.485 e. The summed E-state index contributed by atoms with van der Waals surface area (Å²) in [6.07, 6.45) is 0.632. The second kappa shape index (κ2) is 17.1. The first-order valence-corrected chi connectivity index (χ1v) is 20.8. The lowest BCUT2D eigenvalue weighted by atomic mass is 9.87. The van der Waals surface area contributed by atoms with Crippen LogP contribution in [0.25, 0.3) is 0 Å². The van der Waals surface area contributed by atoms with Gasteiger partial charge in [0.1, 0.15) is 25.7 Å². The first-order valence-electron chi connectivity index (χ1n) is 17.9. The average Bonchev–Trinajstić information content (AvgIpc) is 3.12. The van der Waals surface area contributed by atoms with Gasteiger partial charge in [0.05, 0.1) is 18.4 Å². The highest BCUT2D eigenvalue weighted by molar-refractivity contribution is 6.74. The molecule has 2 atom stereocenters. The first-order chi connectivity index (χ1) is 25.3. The van der Waals surface area contributed by atoms with Crippen LogP contribution in [0.5, 0.6) is 17.2 Å². The number of hydrogen-bond acceptors (Lipinski definition) is 8. The lowest BCUT2D eigenvalue weighted by Crippen LogP contribution is -2.59. The molecule has 0 bridgehead atoms. The second-order valence-electron chi connectivity index (χ2n) is 14.5. The summed E-state index contributed by atoms with van der Waals surface area (Å²) < 4.78 is 30.9. The van der Waals surface area contributed by atoms with Crippen LogP contribution in [0.4, 0.5) is 0 Å². The van der Waals surface area contributed by atoms with Gasteiger partial charge in [-0.05, 0) is 60.8 Å². The molecule has 5 rings (SSSR count). The molecule has 1 aliphatic rings. The van der Waals surface area contributed by atoms with E-state index < -0.39 is 38.1 Å². The van der Waals surface area contributed by atoms with Crippen LogP contribution in [-0.2, 0) is 38.6 Å². The predicted molar refractivity (Wildman–Crippen MR) is 206 cm³/mol. The van der Waals surface area contributed by atoms with Crippen molar-refractivity contribution in [1.29, 1.82) is 0 Å². The number of imide groups is 1. The Hall–Kier alpha value is -5.19. The van der Waals surface area contributed by atoms with Crippen LogP contribution < -0.4 is 14.2 Å². The van der Waals surface area contributed by atoms with Gasteiger partial charge in [-0.1, -0.05) is 112 Å². The molecule has 4 aromatic carbocycles. The van der Waals surface area contributed by atoms with Gasteiger partial charge in [0.15, 0.2) is 19.8 Å². The maximum Gasteiger partial charge on any atom is 0.332 e. The van der Waals surface area contributed by atoms with E-state index in [1.54, 1.807) is 19.1 Å². The predicted octanol–water partition coefficient (Wildman–Crippen LogP) is 8.88. The Balaban J connectivity index is 1.55. The minimum Gasteiger partial charge on any atom is -0.485 e. The summed E-state index contributed by atoms with van der Waals surface area (Å²) in [7, 11) is -2.31. The first kappa shape index (κ1) is 39.0. The van der Waals surface area contributed by atoms with Crippen molar-refractivity contribution in [2.45, 2.75) is 78.7 Å². The molecule has 4 aromatic rings. The third-order valence-corrected chi connectivity index (χ3v) is 14.1. The van der Waals surface area contributed by atoms with Crippen LogP contribution in [0.2, 0.25) is 18.1 Å². The van der Waals surface area contributed by atoms with E-state index in [0.717, 1.165) is 21.6 Å². The summed E-state index contributed by atoms with van der Waals surface area (Å²) in [4.78, 5) is 42.3. The van der Waals surface area contributed by atoms with Crippen molar-refractivity contribution in [1.82, 2.24) is 4.90 Å². The minimum atomic E-state index is -2.31. The molecule has 0 saturated carbocycles. The highest BCUT2D eigenvalue weighted by Gasteiger charge is 2.52. The maximum absolute atomic E-state index is 14.5. The molecule has 1 unspecified atom stereocenters. The van der Waals surface area contributed by atoms with Gasteiger partial charge in [-0.25, -0.2) is 9.69 Å². The molecule has 9 nitrogen and oxygen atoms in total. The number of ether oxygens (including phenoxy) is 4. The Labute approximate surface area is 313 Å². The molecule has 53 heavy (non-hydrogen) atoms. The minimum absolute atomic E-state index is 0.114.